The Hall–Kier alpha value is -1.86. The quantitative estimate of drug-likeness (QED) is 0.845. The molecule has 0 unspecified atom stereocenters. The van der Waals surface area contributed by atoms with E-state index in [1.165, 1.54) is 12.1 Å². The van der Waals surface area contributed by atoms with E-state index in [-0.39, 0.29) is 18.1 Å². The number of amides is 1. The van der Waals surface area contributed by atoms with Gasteiger partial charge in [-0.2, -0.15) is 0 Å². The fourth-order valence-electron chi connectivity index (χ4n) is 1.60. The van der Waals surface area contributed by atoms with Gasteiger partial charge in [-0.15, -0.1) is 0 Å². The summed E-state index contributed by atoms with van der Waals surface area (Å²) in [5.74, 6) is 4.12. The molecule has 0 aliphatic heterocycles. The molecule has 0 spiro atoms. The van der Waals surface area contributed by atoms with E-state index in [0.717, 1.165) is 12.8 Å². The second-order valence-corrected chi connectivity index (χ2v) is 4.23. The van der Waals surface area contributed by atoms with Crippen molar-refractivity contribution in [1.29, 1.82) is 0 Å². The second-order valence-electron chi connectivity index (χ2n) is 4.23. The van der Waals surface area contributed by atoms with Gasteiger partial charge in [-0.25, -0.2) is 4.39 Å². The first kappa shape index (κ1) is 15.2. The van der Waals surface area contributed by atoms with Crippen molar-refractivity contribution >= 4 is 5.91 Å². The van der Waals surface area contributed by atoms with Crippen molar-refractivity contribution in [3.05, 3.63) is 35.1 Å². The Morgan fingerprint density at radius 3 is 2.79 bits per heavy atom. The Balaban J connectivity index is 2.85. The van der Waals surface area contributed by atoms with Crippen molar-refractivity contribution in [3.8, 4) is 11.8 Å². The minimum absolute atomic E-state index is 0.182. The summed E-state index contributed by atoms with van der Waals surface area (Å²) < 4.78 is 13.7. The Bertz CT molecular complexity index is 503. The van der Waals surface area contributed by atoms with Crippen molar-refractivity contribution < 1.29 is 14.3 Å². The summed E-state index contributed by atoms with van der Waals surface area (Å²) >= 11 is 0. The van der Waals surface area contributed by atoms with Crippen molar-refractivity contribution in [3.63, 3.8) is 0 Å². The van der Waals surface area contributed by atoms with Crippen molar-refractivity contribution in [2.45, 2.75) is 19.8 Å². The normalized spacial score (nSPS) is 9.68. The lowest BCUT2D eigenvalue weighted by molar-refractivity contribution is 0.0793. The highest BCUT2D eigenvalue weighted by Crippen LogP contribution is 2.11. The van der Waals surface area contributed by atoms with Crippen LogP contribution in [0.4, 0.5) is 4.39 Å². The van der Waals surface area contributed by atoms with Gasteiger partial charge in [-0.3, -0.25) is 4.79 Å². The lowest BCUT2D eigenvalue weighted by Crippen LogP contribution is -2.27. The molecule has 0 heterocycles. The molecular formula is C15H18FNO2. The molecule has 3 nitrogen and oxygen atoms in total. The number of carbonyl (C=O) groups is 1. The van der Waals surface area contributed by atoms with Gasteiger partial charge in [0.05, 0.1) is 5.56 Å². The molecule has 102 valence electrons. The Kier molecular flexibility index (Phi) is 6.04. The van der Waals surface area contributed by atoms with Gasteiger partial charge in [0.1, 0.15) is 12.4 Å². The molecule has 0 aliphatic rings. The SMILES string of the molecule is CCCCN(C)C(=O)c1ccc(C#CCO)c(F)c1. The predicted molar refractivity (Wildman–Crippen MR) is 72.2 cm³/mol. The molecule has 1 rings (SSSR count). The maximum atomic E-state index is 13.7. The highest BCUT2D eigenvalue weighted by atomic mass is 19.1. The van der Waals surface area contributed by atoms with E-state index in [4.69, 9.17) is 5.11 Å². The standard InChI is InChI=1S/C15H18FNO2/c1-3-4-9-17(2)15(19)13-8-7-12(6-5-10-18)14(16)11-13/h7-8,11,18H,3-4,9-10H2,1-2H3. The van der Waals surface area contributed by atoms with Crippen LogP contribution in [0.3, 0.4) is 0 Å². The molecule has 1 amide bonds. The van der Waals surface area contributed by atoms with Gasteiger partial charge in [0, 0.05) is 19.2 Å². The van der Waals surface area contributed by atoms with E-state index in [0.29, 0.717) is 12.1 Å². The van der Waals surface area contributed by atoms with E-state index in [2.05, 4.69) is 11.8 Å². The highest BCUT2D eigenvalue weighted by Gasteiger charge is 2.12. The third-order valence-corrected chi connectivity index (χ3v) is 2.71. The van der Waals surface area contributed by atoms with Crippen LogP contribution in [0.2, 0.25) is 0 Å². The molecule has 1 N–H and O–H groups in total. The van der Waals surface area contributed by atoms with Crippen LogP contribution in [-0.4, -0.2) is 36.1 Å². The number of rotatable bonds is 4. The number of halogens is 1. The highest BCUT2D eigenvalue weighted by molar-refractivity contribution is 5.94. The topological polar surface area (TPSA) is 40.5 Å². The van der Waals surface area contributed by atoms with E-state index in [1.807, 2.05) is 6.92 Å². The molecular weight excluding hydrogens is 245 g/mol. The molecule has 0 radical (unpaired) electrons. The maximum absolute atomic E-state index is 13.7. The fraction of sp³-hybridized carbons (Fsp3) is 0.400. The van der Waals surface area contributed by atoms with Gasteiger partial charge in [-0.05, 0) is 24.6 Å². The summed E-state index contributed by atoms with van der Waals surface area (Å²) in [6.07, 6.45) is 1.92. The fourth-order valence-corrected chi connectivity index (χ4v) is 1.60. The van der Waals surface area contributed by atoms with Gasteiger partial charge in [0.25, 0.3) is 5.91 Å². The van der Waals surface area contributed by atoms with Crippen LogP contribution < -0.4 is 0 Å². The van der Waals surface area contributed by atoms with E-state index in [1.54, 1.807) is 18.0 Å². The summed E-state index contributed by atoms with van der Waals surface area (Å²) in [6, 6.07) is 4.19. The Morgan fingerprint density at radius 2 is 2.21 bits per heavy atom. The van der Waals surface area contributed by atoms with Crippen molar-refractivity contribution in [2.24, 2.45) is 0 Å². The average Bonchev–Trinajstić information content (AvgIpc) is 2.42. The number of unbranched alkanes of at least 4 members (excludes halogenated alkanes) is 1. The molecule has 0 fully saturated rings. The zero-order valence-corrected chi connectivity index (χ0v) is 11.2. The molecule has 0 aromatic heterocycles. The van der Waals surface area contributed by atoms with Crippen molar-refractivity contribution in [2.75, 3.05) is 20.2 Å². The molecule has 0 bridgehead atoms. The summed E-state index contributed by atoms with van der Waals surface area (Å²) in [5, 5.41) is 8.56. The lowest BCUT2D eigenvalue weighted by Gasteiger charge is -2.16. The zero-order chi connectivity index (χ0) is 14.3. The molecule has 19 heavy (non-hydrogen) atoms. The third-order valence-electron chi connectivity index (χ3n) is 2.71. The van der Waals surface area contributed by atoms with Gasteiger partial charge in [0.2, 0.25) is 0 Å². The van der Waals surface area contributed by atoms with E-state index >= 15 is 0 Å². The predicted octanol–water partition coefficient (Wildman–Crippen LogP) is 2.04. The van der Waals surface area contributed by atoms with Crippen LogP contribution in [0, 0.1) is 17.7 Å². The van der Waals surface area contributed by atoms with Gasteiger partial charge < -0.3 is 10.0 Å². The number of aliphatic hydroxyl groups excluding tert-OH is 1. The summed E-state index contributed by atoms with van der Waals surface area (Å²) in [7, 11) is 1.70. The van der Waals surface area contributed by atoms with E-state index < -0.39 is 5.82 Å². The minimum Gasteiger partial charge on any atom is -0.384 e. The molecule has 0 aliphatic carbocycles. The first-order valence-electron chi connectivity index (χ1n) is 6.25. The van der Waals surface area contributed by atoms with Gasteiger partial charge >= 0.3 is 0 Å². The lowest BCUT2D eigenvalue weighted by atomic mass is 10.1. The largest absolute Gasteiger partial charge is 0.384 e. The monoisotopic (exact) mass is 263 g/mol. The zero-order valence-electron chi connectivity index (χ0n) is 11.2. The van der Waals surface area contributed by atoms with Gasteiger partial charge in [0.15, 0.2) is 0 Å². The number of hydrogen-bond donors (Lipinski definition) is 1. The molecule has 0 saturated carbocycles. The minimum atomic E-state index is -0.546. The first-order chi connectivity index (χ1) is 9.10. The Morgan fingerprint density at radius 1 is 1.47 bits per heavy atom. The summed E-state index contributed by atoms with van der Waals surface area (Å²) in [5.41, 5.74) is 0.493. The number of benzene rings is 1. The molecule has 0 saturated heterocycles. The van der Waals surface area contributed by atoms with Crippen LogP contribution in [0.1, 0.15) is 35.7 Å². The van der Waals surface area contributed by atoms with Crippen LogP contribution in [-0.2, 0) is 0 Å². The molecule has 1 aromatic rings. The van der Waals surface area contributed by atoms with Crippen LogP contribution >= 0.6 is 0 Å². The molecule has 4 heteroatoms. The second kappa shape index (κ2) is 7.55. The summed E-state index contributed by atoms with van der Waals surface area (Å²) in [6.45, 7) is 2.38. The first-order valence-corrected chi connectivity index (χ1v) is 6.25. The number of carbonyl (C=O) groups excluding carboxylic acids is 1. The van der Waals surface area contributed by atoms with Crippen LogP contribution in [0.25, 0.3) is 0 Å². The van der Waals surface area contributed by atoms with E-state index in [9.17, 15) is 9.18 Å². The summed E-state index contributed by atoms with van der Waals surface area (Å²) in [4.78, 5) is 13.6. The van der Waals surface area contributed by atoms with Gasteiger partial charge in [-0.1, -0.05) is 25.2 Å². The maximum Gasteiger partial charge on any atom is 0.253 e. The third kappa shape index (κ3) is 4.38. The number of aliphatic hydroxyl groups is 1. The smallest absolute Gasteiger partial charge is 0.253 e. The van der Waals surface area contributed by atoms with Crippen molar-refractivity contribution in [1.82, 2.24) is 4.90 Å². The molecule has 0 atom stereocenters. The Labute approximate surface area is 113 Å². The average molecular weight is 263 g/mol. The number of nitrogens with zero attached hydrogens (tertiary/aromatic N) is 1. The number of hydrogen-bond acceptors (Lipinski definition) is 2. The molecule has 1 aromatic carbocycles. The van der Waals surface area contributed by atoms with Crippen LogP contribution in [0.15, 0.2) is 18.2 Å². The van der Waals surface area contributed by atoms with Crippen LogP contribution in [0.5, 0.6) is 0 Å².